The first-order valence-corrected chi connectivity index (χ1v) is 6.05. The molecule has 0 aromatic rings. The number of hydrogen-bond acceptors (Lipinski definition) is 3. The summed E-state index contributed by atoms with van der Waals surface area (Å²) >= 11 is 0. The van der Waals surface area contributed by atoms with Crippen LogP contribution in [0.25, 0.3) is 0 Å². The highest BCUT2D eigenvalue weighted by Crippen LogP contribution is 2.23. The van der Waals surface area contributed by atoms with Gasteiger partial charge in [0, 0.05) is 13.6 Å². The Morgan fingerprint density at radius 3 is 2.59 bits per heavy atom. The van der Waals surface area contributed by atoms with Crippen molar-refractivity contribution in [3.63, 3.8) is 0 Å². The fourth-order valence-electron chi connectivity index (χ4n) is 2.21. The zero-order chi connectivity index (χ0) is 12.7. The van der Waals surface area contributed by atoms with Crippen molar-refractivity contribution in [2.75, 3.05) is 20.1 Å². The van der Waals surface area contributed by atoms with Crippen LogP contribution in [-0.2, 0) is 9.59 Å². The molecule has 0 spiro atoms. The van der Waals surface area contributed by atoms with Crippen molar-refractivity contribution in [1.29, 1.82) is 5.26 Å². The van der Waals surface area contributed by atoms with E-state index in [4.69, 9.17) is 5.26 Å². The monoisotopic (exact) mass is 237 g/mol. The Bertz CT molecular complexity index is 316. The topological polar surface area (TPSA) is 73.2 Å². The summed E-state index contributed by atoms with van der Waals surface area (Å²) in [6.07, 6.45) is 5.98. The third-order valence-corrected chi connectivity index (χ3v) is 3.13. The lowest BCUT2D eigenvalue weighted by molar-refractivity contribution is -0.145. The SMILES string of the molecule is CN(CC1CCCCC1)C(=O)C(=O)NCC#N. The molecule has 17 heavy (non-hydrogen) atoms. The quantitative estimate of drug-likeness (QED) is 0.579. The van der Waals surface area contributed by atoms with E-state index in [1.807, 2.05) is 0 Å². The summed E-state index contributed by atoms with van der Waals surface area (Å²) < 4.78 is 0. The van der Waals surface area contributed by atoms with Crippen molar-refractivity contribution in [2.24, 2.45) is 5.92 Å². The number of nitriles is 1. The zero-order valence-electron chi connectivity index (χ0n) is 10.2. The lowest BCUT2D eigenvalue weighted by Crippen LogP contribution is -2.43. The van der Waals surface area contributed by atoms with Crippen LogP contribution in [0.2, 0.25) is 0 Å². The van der Waals surface area contributed by atoms with Crippen LogP contribution in [0.15, 0.2) is 0 Å². The van der Waals surface area contributed by atoms with Gasteiger partial charge < -0.3 is 10.2 Å². The highest BCUT2D eigenvalue weighted by atomic mass is 16.2. The smallest absolute Gasteiger partial charge is 0.311 e. The number of likely N-dealkylation sites (N-methyl/N-ethyl adjacent to an activating group) is 1. The minimum absolute atomic E-state index is 0.123. The number of rotatable bonds is 3. The van der Waals surface area contributed by atoms with Gasteiger partial charge in [0.25, 0.3) is 0 Å². The summed E-state index contributed by atoms with van der Waals surface area (Å²) in [6, 6.07) is 1.77. The molecule has 1 rings (SSSR count). The second-order valence-electron chi connectivity index (χ2n) is 4.53. The molecule has 0 bridgehead atoms. The van der Waals surface area contributed by atoms with Crippen LogP contribution in [-0.4, -0.2) is 36.9 Å². The summed E-state index contributed by atoms with van der Waals surface area (Å²) in [5, 5.41) is 10.6. The molecule has 94 valence electrons. The molecule has 0 heterocycles. The lowest BCUT2D eigenvalue weighted by atomic mass is 9.89. The Labute approximate surface area is 102 Å². The normalized spacial score (nSPS) is 16.0. The molecule has 5 heteroatoms. The molecule has 1 fully saturated rings. The van der Waals surface area contributed by atoms with Crippen molar-refractivity contribution in [3.05, 3.63) is 0 Å². The molecule has 5 nitrogen and oxygen atoms in total. The summed E-state index contributed by atoms with van der Waals surface area (Å²) in [6.45, 7) is 0.515. The van der Waals surface area contributed by atoms with Gasteiger partial charge in [-0.1, -0.05) is 19.3 Å². The average Bonchev–Trinajstić information content (AvgIpc) is 2.36. The lowest BCUT2D eigenvalue weighted by Gasteiger charge is -2.26. The molecular formula is C12H19N3O2. The highest BCUT2D eigenvalue weighted by Gasteiger charge is 2.22. The van der Waals surface area contributed by atoms with Gasteiger partial charge in [0.05, 0.1) is 6.07 Å². The van der Waals surface area contributed by atoms with Gasteiger partial charge in [-0.15, -0.1) is 0 Å². The van der Waals surface area contributed by atoms with E-state index in [1.165, 1.54) is 24.2 Å². The van der Waals surface area contributed by atoms with Crippen molar-refractivity contribution < 1.29 is 9.59 Å². The maximum atomic E-state index is 11.6. The number of amides is 2. The number of hydrogen-bond donors (Lipinski definition) is 1. The third-order valence-electron chi connectivity index (χ3n) is 3.13. The van der Waals surface area contributed by atoms with Gasteiger partial charge in [0.2, 0.25) is 0 Å². The fraction of sp³-hybridized carbons (Fsp3) is 0.750. The number of nitrogens with one attached hydrogen (secondary N) is 1. The first-order chi connectivity index (χ1) is 8.15. The first-order valence-electron chi connectivity index (χ1n) is 6.05. The molecular weight excluding hydrogens is 218 g/mol. The van der Waals surface area contributed by atoms with E-state index >= 15 is 0 Å². The molecule has 1 aliphatic carbocycles. The minimum Gasteiger partial charge on any atom is -0.337 e. The molecule has 1 aliphatic rings. The molecule has 0 atom stereocenters. The molecule has 0 radical (unpaired) electrons. The highest BCUT2D eigenvalue weighted by molar-refractivity contribution is 6.34. The molecule has 0 saturated heterocycles. The van der Waals surface area contributed by atoms with Crippen molar-refractivity contribution >= 4 is 11.8 Å². The maximum Gasteiger partial charge on any atom is 0.311 e. The predicted molar refractivity (Wildman–Crippen MR) is 62.8 cm³/mol. The largest absolute Gasteiger partial charge is 0.337 e. The van der Waals surface area contributed by atoms with E-state index in [-0.39, 0.29) is 6.54 Å². The van der Waals surface area contributed by atoms with Crippen LogP contribution >= 0.6 is 0 Å². The van der Waals surface area contributed by atoms with Gasteiger partial charge in [-0.3, -0.25) is 9.59 Å². The van der Waals surface area contributed by atoms with E-state index < -0.39 is 11.8 Å². The van der Waals surface area contributed by atoms with Crippen LogP contribution in [0, 0.1) is 17.2 Å². The summed E-state index contributed by atoms with van der Waals surface area (Å²) in [5.74, 6) is -0.725. The molecule has 0 aromatic carbocycles. The van der Waals surface area contributed by atoms with Gasteiger partial charge in [0.15, 0.2) is 0 Å². The Balaban J connectivity index is 2.35. The van der Waals surface area contributed by atoms with E-state index in [9.17, 15) is 9.59 Å². The van der Waals surface area contributed by atoms with E-state index in [0.29, 0.717) is 12.5 Å². The Morgan fingerprint density at radius 2 is 2.00 bits per heavy atom. The van der Waals surface area contributed by atoms with Crippen LogP contribution in [0.4, 0.5) is 0 Å². The standard InChI is InChI=1S/C12H19N3O2/c1-15(9-10-5-3-2-4-6-10)12(17)11(16)14-8-7-13/h10H,2-6,8-9H2,1H3,(H,14,16). The minimum atomic E-state index is -0.690. The van der Waals surface area contributed by atoms with Gasteiger partial charge in [-0.05, 0) is 18.8 Å². The second kappa shape index (κ2) is 6.89. The van der Waals surface area contributed by atoms with E-state index in [2.05, 4.69) is 5.32 Å². The fourth-order valence-corrected chi connectivity index (χ4v) is 2.21. The van der Waals surface area contributed by atoms with Gasteiger partial charge >= 0.3 is 11.8 Å². The molecule has 0 unspecified atom stereocenters. The Kier molecular flexibility index (Phi) is 5.47. The van der Waals surface area contributed by atoms with E-state index in [0.717, 1.165) is 12.8 Å². The predicted octanol–water partition coefficient (Wildman–Crippen LogP) is 0.665. The summed E-state index contributed by atoms with van der Waals surface area (Å²) in [5.41, 5.74) is 0. The zero-order valence-corrected chi connectivity index (χ0v) is 10.2. The summed E-state index contributed by atoms with van der Waals surface area (Å²) in [4.78, 5) is 24.4. The average molecular weight is 237 g/mol. The maximum absolute atomic E-state index is 11.6. The molecule has 0 aliphatic heterocycles. The van der Waals surface area contributed by atoms with Crippen LogP contribution in [0.1, 0.15) is 32.1 Å². The molecule has 1 saturated carbocycles. The number of carbonyl (C=O) groups is 2. The van der Waals surface area contributed by atoms with Gasteiger partial charge in [-0.25, -0.2) is 0 Å². The first kappa shape index (κ1) is 13.5. The Morgan fingerprint density at radius 1 is 1.35 bits per heavy atom. The molecule has 1 N–H and O–H groups in total. The second-order valence-corrected chi connectivity index (χ2v) is 4.53. The van der Waals surface area contributed by atoms with Crippen LogP contribution in [0.3, 0.4) is 0 Å². The summed E-state index contributed by atoms with van der Waals surface area (Å²) in [7, 11) is 1.64. The van der Waals surface area contributed by atoms with Crippen molar-refractivity contribution in [1.82, 2.24) is 10.2 Å². The van der Waals surface area contributed by atoms with Crippen LogP contribution < -0.4 is 5.32 Å². The third kappa shape index (κ3) is 4.43. The van der Waals surface area contributed by atoms with E-state index in [1.54, 1.807) is 13.1 Å². The number of carbonyl (C=O) groups excluding carboxylic acids is 2. The van der Waals surface area contributed by atoms with Gasteiger partial charge in [-0.2, -0.15) is 5.26 Å². The van der Waals surface area contributed by atoms with Crippen molar-refractivity contribution in [3.8, 4) is 6.07 Å². The van der Waals surface area contributed by atoms with Crippen LogP contribution in [0.5, 0.6) is 0 Å². The van der Waals surface area contributed by atoms with Gasteiger partial charge in [0.1, 0.15) is 6.54 Å². The molecule has 0 aromatic heterocycles. The molecule has 2 amide bonds. The Hall–Kier alpha value is -1.57. The van der Waals surface area contributed by atoms with Crippen molar-refractivity contribution in [2.45, 2.75) is 32.1 Å². The number of nitrogens with zero attached hydrogens (tertiary/aromatic N) is 2.